The van der Waals surface area contributed by atoms with E-state index in [4.69, 9.17) is 21.6 Å². The molecule has 18 heavy (non-hydrogen) atoms. The van der Waals surface area contributed by atoms with Crippen LogP contribution in [-0.4, -0.2) is 9.97 Å². The number of hydrogen-bond acceptors (Lipinski definition) is 4. The molecule has 0 radical (unpaired) electrons. The Hall–Kier alpha value is -2.12. The lowest BCUT2D eigenvalue weighted by Crippen LogP contribution is -1.94. The summed E-state index contributed by atoms with van der Waals surface area (Å²) in [5.41, 5.74) is 2.17. The van der Waals surface area contributed by atoms with Crippen molar-refractivity contribution >= 4 is 11.6 Å². The van der Waals surface area contributed by atoms with Crippen molar-refractivity contribution in [2.75, 3.05) is 0 Å². The highest BCUT2D eigenvalue weighted by atomic mass is 35.5. The van der Waals surface area contributed by atoms with Gasteiger partial charge in [-0.3, -0.25) is 0 Å². The van der Waals surface area contributed by atoms with Gasteiger partial charge in [0.25, 0.3) is 0 Å². The van der Waals surface area contributed by atoms with Crippen LogP contribution in [0.5, 0.6) is 11.6 Å². The summed E-state index contributed by atoms with van der Waals surface area (Å²) in [6, 6.07) is 8.98. The molecule has 0 bridgehead atoms. The summed E-state index contributed by atoms with van der Waals surface area (Å²) in [4.78, 5) is 7.93. The number of benzene rings is 1. The van der Waals surface area contributed by atoms with E-state index in [-0.39, 0.29) is 5.28 Å². The maximum absolute atomic E-state index is 8.85. The van der Waals surface area contributed by atoms with Crippen LogP contribution in [0, 0.1) is 25.2 Å². The van der Waals surface area contributed by atoms with E-state index in [0.29, 0.717) is 17.2 Å². The van der Waals surface area contributed by atoms with Crippen LogP contribution in [0.1, 0.15) is 16.8 Å². The van der Waals surface area contributed by atoms with Crippen LogP contribution in [0.4, 0.5) is 0 Å². The largest absolute Gasteiger partial charge is 0.439 e. The van der Waals surface area contributed by atoms with Gasteiger partial charge in [-0.1, -0.05) is 6.07 Å². The van der Waals surface area contributed by atoms with Gasteiger partial charge in [0.05, 0.1) is 11.6 Å². The highest BCUT2D eigenvalue weighted by molar-refractivity contribution is 6.28. The molecule has 0 saturated heterocycles. The minimum atomic E-state index is 0.138. The van der Waals surface area contributed by atoms with E-state index in [2.05, 4.69) is 16.0 Å². The number of nitriles is 1. The second-order valence-corrected chi connectivity index (χ2v) is 4.15. The third-order valence-electron chi connectivity index (χ3n) is 2.34. The van der Waals surface area contributed by atoms with Gasteiger partial charge in [0.15, 0.2) is 0 Å². The Bertz CT molecular complexity index is 614. The van der Waals surface area contributed by atoms with Crippen LogP contribution in [0.2, 0.25) is 5.28 Å². The molecule has 0 aliphatic rings. The molecule has 0 aliphatic carbocycles. The van der Waals surface area contributed by atoms with Crippen LogP contribution in [0.25, 0.3) is 0 Å². The van der Waals surface area contributed by atoms with Crippen molar-refractivity contribution in [2.45, 2.75) is 13.8 Å². The van der Waals surface area contributed by atoms with Crippen LogP contribution in [0.15, 0.2) is 24.3 Å². The molecule has 0 aliphatic heterocycles. The molecule has 0 spiro atoms. The first-order valence-electron chi connectivity index (χ1n) is 5.28. The smallest absolute Gasteiger partial charge is 0.225 e. The van der Waals surface area contributed by atoms with Gasteiger partial charge in [-0.15, -0.1) is 0 Å². The monoisotopic (exact) mass is 259 g/mol. The Balaban J connectivity index is 2.36. The molecule has 1 aromatic heterocycles. The van der Waals surface area contributed by atoms with Crippen molar-refractivity contribution in [1.82, 2.24) is 9.97 Å². The molecular formula is C13H10ClN3O. The highest BCUT2D eigenvalue weighted by Crippen LogP contribution is 2.25. The molecule has 0 amide bonds. The van der Waals surface area contributed by atoms with Crippen LogP contribution < -0.4 is 4.74 Å². The molecule has 0 saturated carbocycles. The Morgan fingerprint density at radius 1 is 1.22 bits per heavy atom. The predicted octanol–water partition coefficient (Wildman–Crippen LogP) is 3.41. The number of aromatic nitrogens is 2. The van der Waals surface area contributed by atoms with E-state index in [1.165, 1.54) is 0 Å². The third-order valence-corrected chi connectivity index (χ3v) is 2.50. The first-order valence-corrected chi connectivity index (χ1v) is 5.66. The van der Waals surface area contributed by atoms with Gasteiger partial charge in [0.2, 0.25) is 11.2 Å². The molecule has 90 valence electrons. The molecule has 0 fully saturated rings. The minimum Gasteiger partial charge on any atom is -0.439 e. The molecule has 0 N–H and O–H groups in total. The maximum Gasteiger partial charge on any atom is 0.225 e. The van der Waals surface area contributed by atoms with E-state index in [9.17, 15) is 0 Å². The maximum atomic E-state index is 8.85. The highest BCUT2D eigenvalue weighted by Gasteiger charge is 2.06. The average Bonchev–Trinajstić information content (AvgIpc) is 2.30. The number of nitrogens with zero attached hydrogens (tertiary/aromatic N) is 3. The lowest BCUT2D eigenvalue weighted by Gasteiger charge is -2.08. The molecule has 2 rings (SSSR count). The quantitative estimate of drug-likeness (QED) is 0.776. The molecule has 0 atom stereocenters. The lowest BCUT2D eigenvalue weighted by molar-refractivity contribution is 0.457. The number of ether oxygens (including phenoxy) is 1. The Kier molecular flexibility index (Phi) is 3.45. The SMILES string of the molecule is Cc1cc(Oc2cc(C#N)ccc2C)nc(Cl)n1. The van der Waals surface area contributed by atoms with Crippen LogP contribution in [0.3, 0.4) is 0 Å². The summed E-state index contributed by atoms with van der Waals surface area (Å²) in [6.45, 7) is 3.70. The van der Waals surface area contributed by atoms with Crippen molar-refractivity contribution in [3.05, 3.63) is 46.4 Å². The second-order valence-electron chi connectivity index (χ2n) is 3.81. The number of rotatable bonds is 2. The van der Waals surface area contributed by atoms with E-state index in [1.807, 2.05) is 13.0 Å². The summed E-state index contributed by atoms with van der Waals surface area (Å²) in [5.74, 6) is 0.953. The summed E-state index contributed by atoms with van der Waals surface area (Å²) in [7, 11) is 0. The summed E-state index contributed by atoms with van der Waals surface area (Å²) >= 11 is 5.76. The molecule has 2 aromatic rings. The van der Waals surface area contributed by atoms with Crippen LogP contribution >= 0.6 is 11.6 Å². The van der Waals surface area contributed by atoms with Gasteiger partial charge in [-0.05, 0) is 43.1 Å². The molecule has 5 heteroatoms. The summed E-state index contributed by atoms with van der Waals surface area (Å²) < 4.78 is 5.63. The number of hydrogen-bond donors (Lipinski definition) is 0. The lowest BCUT2D eigenvalue weighted by atomic mass is 10.1. The van der Waals surface area contributed by atoms with Crippen molar-refractivity contribution in [3.63, 3.8) is 0 Å². The van der Waals surface area contributed by atoms with Crippen molar-refractivity contribution in [2.24, 2.45) is 0 Å². The van der Waals surface area contributed by atoms with E-state index < -0.39 is 0 Å². The van der Waals surface area contributed by atoms with Crippen molar-refractivity contribution in [1.29, 1.82) is 5.26 Å². The first kappa shape index (κ1) is 12.3. The fourth-order valence-electron chi connectivity index (χ4n) is 1.45. The van der Waals surface area contributed by atoms with E-state index in [0.717, 1.165) is 11.3 Å². The van der Waals surface area contributed by atoms with Gasteiger partial charge in [0, 0.05) is 11.8 Å². The zero-order chi connectivity index (χ0) is 13.1. The Morgan fingerprint density at radius 3 is 2.67 bits per heavy atom. The molecular weight excluding hydrogens is 250 g/mol. The van der Waals surface area contributed by atoms with Crippen LogP contribution in [-0.2, 0) is 0 Å². The number of halogens is 1. The predicted molar refractivity (Wildman–Crippen MR) is 67.7 cm³/mol. The Labute approximate surface area is 110 Å². The molecule has 4 nitrogen and oxygen atoms in total. The topological polar surface area (TPSA) is 58.8 Å². The summed E-state index contributed by atoms with van der Waals surface area (Å²) in [5, 5.41) is 8.99. The van der Waals surface area contributed by atoms with Gasteiger partial charge in [-0.2, -0.15) is 10.2 Å². The zero-order valence-corrected chi connectivity index (χ0v) is 10.7. The fraction of sp³-hybridized carbons (Fsp3) is 0.154. The Morgan fingerprint density at radius 2 is 2.00 bits per heavy atom. The normalized spacial score (nSPS) is 9.89. The summed E-state index contributed by atoms with van der Waals surface area (Å²) in [6.07, 6.45) is 0. The average molecular weight is 260 g/mol. The van der Waals surface area contributed by atoms with Gasteiger partial charge < -0.3 is 4.74 Å². The van der Waals surface area contributed by atoms with Gasteiger partial charge >= 0.3 is 0 Å². The van der Waals surface area contributed by atoms with Gasteiger partial charge in [-0.25, -0.2) is 4.98 Å². The van der Waals surface area contributed by atoms with Gasteiger partial charge in [0.1, 0.15) is 5.75 Å². The molecule has 0 unspecified atom stereocenters. The van der Waals surface area contributed by atoms with E-state index >= 15 is 0 Å². The zero-order valence-electron chi connectivity index (χ0n) is 9.94. The standard InChI is InChI=1S/C13H10ClN3O/c1-8-3-4-10(7-15)6-11(8)18-12-5-9(2)16-13(14)17-12/h3-6H,1-2H3. The minimum absolute atomic E-state index is 0.138. The second kappa shape index (κ2) is 5.03. The van der Waals surface area contributed by atoms with Crippen molar-refractivity contribution < 1.29 is 4.74 Å². The first-order chi connectivity index (χ1) is 8.58. The molecule has 1 heterocycles. The van der Waals surface area contributed by atoms with E-state index in [1.54, 1.807) is 25.1 Å². The molecule has 1 aromatic carbocycles. The fourth-order valence-corrected chi connectivity index (χ4v) is 1.67. The third kappa shape index (κ3) is 2.76. The van der Waals surface area contributed by atoms with Crippen molar-refractivity contribution in [3.8, 4) is 17.7 Å². The number of aryl methyl sites for hydroxylation is 2.